The van der Waals surface area contributed by atoms with Crippen LogP contribution in [0.3, 0.4) is 0 Å². The fourth-order valence-electron chi connectivity index (χ4n) is 2.86. The van der Waals surface area contributed by atoms with E-state index >= 15 is 0 Å². The highest BCUT2D eigenvalue weighted by atomic mass is 127. The number of carbonyl (C=O) groups excluding carboxylic acids is 1. The second-order valence-corrected chi connectivity index (χ2v) is 7.59. The molecule has 0 aromatic carbocycles. The molecule has 0 heterocycles. The summed E-state index contributed by atoms with van der Waals surface area (Å²) in [5.41, 5.74) is 1.27. The van der Waals surface area contributed by atoms with Crippen LogP contribution in [-0.4, -0.2) is 50.5 Å². The number of nitrogens with one attached hydrogen (secondary N) is 2. The van der Waals surface area contributed by atoms with Gasteiger partial charge in [-0.3, -0.25) is 4.79 Å². The van der Waals surface area contributed by atoms with Gasteiger partial charge in [-0.05, 0) is 31.1 Å². The maximum atomic E-state index is 11.7. The third kappa shape index (κ3) is 8.35. The molecular formula is C18H35IN4O. The van der Waals surface area contributed by atoms with Crippen LogP contribution in [0.1, 0.15) is 46.5 Å². The van der Waals surface area contributed by atoms with Gasteiger partial charge in [0.1, 0.15) is 6.54 Å². The van der Waals surface area contributed by atoms with E-state index in [9.17, 15) is 4.79 Å². The summed E-state index contributed by atoms with van der Waals surface area (Å²) in [6.07, 6.45) is 5.33. The van der Waals surface area contributed by atoms with Crippen molar-refractivity contribution in [3.63, 3.8) is 0 Å². The van der Waals surface area contributed by atoms with Crippen LogP contribution in [0.15, 0.2) is 17.1 Å². The molecule has 1 aliphatic rings. The molecule has 0 aromatic heterocycles. The van der Waals surface area contributed by atoms with Crippen molar-refractivity contribution in [2.45, 2.75) is 46.5 Å². The van der Waals surface area contributed by atoms with E-state index in [2.05, 4.69) is 36.1 Å². The number of aliphatic imine (C=N–C) groups is 1. The van der Waals surface area contributed by atoms with E-state index in [1.165, 1.54) is 25.7 Å². The quantitative estimate of drug-likeness (QED) is 0.271. The molecule has 1 rings (SSSR count). The molecule has 0 spiro atoms. The number of halogens is 1. The molecular weight excluding hydrogens is 415 g/mol. The van der Waals surface area contributed by atoms with Crippen molar-refractivity contribution in [3.8, 4) is 0 Å². The lowest BCUT2D eigenvalue weighted by Gasteiger charge is -2.32. The van der Waals surface area contributed by atoms with Crippen molar-refractivity contribution in [1.29, 1.82) is 0 Å². The molecule has 140 valence electrons. The van der Waals surface area contributed by atoms with E-state index in [0.717, 1.165) is 18.0 Å². The van der Waals surface area contributed by atoms with Gasteiger partial charge in [-0.15, -0.1) is 24.0 Å². The Kier molecular flexibility index (Phi) is 10.6. The van der Waals surface area contributed by atoms with E-state index in [4.69, 9.17) is 0 Å². The number of carbonyl (C=O) groups is 1. The van der Waals surface area contributed by atoms with Crippen LogP contribution in [0.25, 0.3) is 0 Å². The number of guanidine groups is 1. The number of likely N-dealkylation sites (N-methyl/N-ethyl adjacent to an activating group) is 1. The number of amides is 1. The van der Waals surface area contributed by atoms with Crippen molar-refractivity contribution in [2.24, 2.45) is 16.3 Å². The first-order chi connectivity index (χ1) is 10.7. The van der Waals surface area contributed by atoms with E-state index in [1.54, 1.807) is 19.0 Å². The van der Waals surface area contributed by atoms with Gasteiger partial charge in [0, 0.05) is 27.2 Å². The third-order valence-electron chi connectivity index (χ3n) is 4.60. The Bertz CT molecular complexity index is 440. The van der Waals surface area contributed by atoms with Crippen LogP contribution in [0.4, 0.5) is 0 Å². The van der Waals surface area contributed by atoms with Crippen LogP contribution >= 0.6 is 24.0 Å². The second-order valence-electron chi connectivity index (χ2n) is 7.59. The molecule has 2 N–H and O–H groups in total. The lowest BCUT2D eigenvalue weighted by atomic mass is 9.78. The van der Waals surface area contributed by atoms with Crippen LogP contribution in [0.5, 0.6) is 0 Å². The van der Waals surface area contributed by atoms with Crippen LogP contribution in [0, 0.1) is 11.3 Å². The molecule has 1 fully saturated rings. The molecule has 24 heavy (non-hydrogen) atoms. The molecule has 0 bridgehead atoms. The predicted molar refractivity (Wildman–Crippen MR) is 113 cm³/mol. The molecule has 0 unspecified atom stereocenters. The minimum absolute atomic E-state index is 0. The normalized spacial score (nSPS) is 15.6. The van der Waals surface area contributed by atoms with E-state index < -0.39 is 0 Å². The van der Waals surface area contributed by atoms with Gasteiger partial charge >= 0.3 is 0 Å². The van der Waals surface area contributed by atoms with Crippen molar-refractivity contribution in [1.82, 2.24) is 15.5 Å². The smallest absolute Gasteiger partial charge is 0.243 e. The highest BCUT2D eigenvalue weighted by molar-refractivity contribution is 14.0. The maximum Gasteiger partial charge on any atom is 0.243 e. The van der Waals surface area contributed by atoms with Crippen molar-refractivity contribution in [2.75, 3.05) is 33.7 Å². The summed E-state index contributed by atoms with van der Waals surface area (Å²) in [6, 6.07) is 0. The van der Waals surface area contributed by atoms with E-state index in [-0.39, 0.29) is 41.8 Å². The monoisotopic (exact) mass is 450 g/mol. The average Bonchev–Trinajstić information content (AvgIpc) is 3.00. The van der Waals surface area contributed by atoms with Crippen molar-refractivity contribution in [3.05, 3.63) is 12.2 Å². The Morgan fingerprint density at radius 1 is 1.25 bits per heavy atom. The fraction of sp³-hybridized carbons (Fsp3) is 0.778. The number of hydrogen-bond donors (Lipinski definition) is 2. The summed E-state index contributed by atoms with van der Waals surface area (Å²) >= 11 is 0. The van der Waals surface area contributed by atoms with Crippen molar-refractivity contribution < 1.29 is 4.79 Å². The Morgan fingerprint density at radius 3 is 2.33 bits per heavy atom. The summed E-state index contributed by atoms with van der Waals surface area (Å²) in [6.45, 7) is 12.2. The Hall–Kier alpha value is -0.790. The standard InChI is InChI=1S/C18H34N4O.HI/c1-14(2)11-19-17(20-12-16(23)22(5)6)21-13-18(3,4)15-9-7-8-10-15;/h15H,1,7-13H2,2-6H3,(H2,19,20,21);1H. The van der Waals surface area contributed by atoms with Gasteiger partial charge in [0.05, 0.1) is 0 Å². The molecule has 5 nitrogen and oxygen atoms in total. The Balaban J connectivity index is 0.00000529. The highest BCUT2D eigenvalue weighted by Crippen LogP contribution is 2.38. The average molecular weight is 450 g/mol. The first-order valence-corrected chi connectivity index (χ1v) is 8.59. The Morgan fingerprint density at radius 2 is 1.83 bits per heavy atom. The summed E-state index contributed by atoms with van der Waals surface area (Å²) < 4.78 is 0. The third-order valence-corrected chi connectivity index (χ3v) is 4.60. The number of rotatable bonds is 7. The summed E-state index contributed by atoms with van der Waals surface area (Å²) in [4.78, 5) is 17.7. The summed E-state index contributed by atoms with van der Waals surface area (Å²) in [5, 5.41) is 6.66. The minimum atomic E-state index is -0.00326. The van der Waals surface area contributed by atoms with Gasteiger partial charge in [0.15, 0.2) is 5.96 Å². The molecule has 0 radical (unpaired) electrons. The van der Waals surface area contributed by atoms with Crippen molar-refractivity contribution >= 4 is 35.8 Å². The zero-order valence-corrected chi connectivity index (χ0v) is 18.3. The van der Waals surface area contributed by atoms with Gasteiger partial charge in [0.25, 0.3) is 0 Å². The lowest BCUT2D eigenvalue weighted by molar-refractivity contribution is -0.127. The SMILES string of the molecule is C=C(C)CNC(=NCC(=O)N(C)C)NCC(C)(C)C1CCCC1.I. The number of hydrogen-bond acceptors (Lipinski definition) is 2. The Labute approximate surface area is 164 Å². The second kappa shape index (κ2) is 10.9. The van der Waals surface area contributed by atoms with Gasteiger partial charge < -0.3 is 15.5 Å². The van der Waals surface area contributed by atoms with Gasteiger partial charge in [-0.2, -0.15) is 0 Å². The molecule has 0 atom stereocenters. The molecule has 1 aliphatic carbocycles. The van der Waals surface area contributed by atoms with Crippen LogP contribution < -0.4 is 10.6 Å². The predicted octanol–water partition coefficient (Wildman–Crippen LogP) is 3.02. The highest BCUT2D eigenvalue weighted by Gasteiger charge is 2.31. The van der Waals surface area contributed by atoms with Gasteiger partial charge in [0.2, 0.25) is 5.91 Å². The topological polar surface area (TPSA) is 56.7 Å². The molecule has 0 aliphatic heterocycles. The zero-order valence-electron chi connectivity index (χ0n) is 15.9. The first kappa shape index (κ1) is 23.2. The molecule has 0 saturated heterocycles. The van der Waals surface area contributed by atoms with E-state index in [1.807, 2.05) is 6.92 Å². The zero-order chi connectivity index (χ0) is 17.5. The maximum absolute atomic E-state index is 11.7. The molecule has 6 heteroatoms. The molecule has 0 aromatic rings. The largest absolute Gasteiger partial charge is 0.356 e. The summed E-state index contributed by atoms with van der Waals surface area (Å²) in [7, 11) is 3.49. The lowest BCUT2D eigenvalue weighted by Crippen LogP contribution is -2.44. The minimum Gasteiger partial charge on any atom is -0.356 e. The fourth-order valence-corrected chi connectivity index (χ4v) is 2.86. The van der Waals surface area contributed by atoms with E-state index in [0.29, 0.717) is 12.5 Å². The molecule has 1 amide bonds. The van der Waals surface area contributed by atoms with Crippen LogP contribution in [-0.2, 0) is 4.79 Å². The first-order valence-electron chi connectivity index (χ1n) is 8.59. The van der Waals surface area contributed by atoms with Gasteiger partial charge in [-0.1, -0.05) is 38.8 Å². The molecule has 1 saturated carbocycles. The summed E-state index contributed by atoms with van der Waals surface area (Å²) in [5.74, 6) is 1.45. The van der Waals surface area contributed by atoms with Crippen LogP contribution in [0.2, 0.25) is 0 Å². The number of nitrogens with zero attached hydrogens (tertiary/aromatic N) is 2. The van der Waals surface area contributed by atoms with Gasteiger partial charge in [-0.25, -0.2) is 4.99 Å².